The van der Waals surface area contributed by atoms with Crippen molar-refractivity contribution in [3.8, 4) is 0 Å². The summed E-state index contributed by atoms with van der Waals surface area (Å²) in [6.45, 7) is 11.7. The van der Waals surface area contributed by atoms with Gasteiger partial charge in [-0.15, -0.1) is 0 Å². The molecule has 0 aromatic heterocycles. The highest BCUT2D eigenvalue weighted by molar-refractivity contribution is 4.67. The van der Waals surface area contributed by atoms with Crippen LogP contribution in [0.5, 0.6) is 0 Å². The van der Waals surface area contributed by atoms with Crippen molar-refractivity contribution in [1.82, 2.24) is 0 Å². The number of hydrogen-bond donors (Lipinski definition) is 0. The van der Waals surface area contributed by atoms with Crippen LogP contribution >= 0.6 is 0 Å². The molecular formula is C11H24. The Kier molecular flexibility index (Phi) is 5.62. The molecule has 11 heavy (non-hydrogen) atoms. The lowest BCUT2D eigenvalue weighted by atomic mass is 9.80. The highest BCUT2D eigenvalue weighted by atomic mass is 14.2. The third-order valence-corrected chi connectivity index (χ3v) is 2.80. The van der Waals surface area contributed by atoms with Gasteiger partial charge in [-0.25, -0.2) is 0 Å². The van der Waals surface area contributed by atoms with Crippen LogP contribution in [0.4, 0.5) is 0 Å². The van der Waals surface area contributed by atoms with Gasteiger partial charge in [0.05, 0.1) is 0 Å². The first kappa shape index (κ1) is 11.0. The fourth-order valence-electron chi connectivity index (χ4n) is 2.20. The third-order valence-electron chi connectivity index (χ3n) is 2.80. The average molecular weight is 156 g/mol. The molecular weight excluding hydrogens is 132 g/mol. The van der Waals surface area contributed by atoms with Crippen LogP contribution in [0.15, 0.2) is 0 Å². The van der Waals surface area contributed by atoms with Crippen molar-refractivity contribution < 1.29 is 0 Å². The van der Waals surface area contributed by atoms with Crippen molar-refractivity contribution in [3.63, 3.8) is 0 Å². The standard InChI is InChI=1S/C11H24/c1-6-8-10(5)11(7-2)9(3)4/h9-11H,6-8H2,1-5H3. The van der Waals surface area contributed by atoms with Gasteiger partial charge in [0.15, 0.2) is 0 Å². The molecule has 0 bridgehead atoms. The molecule has 0 aliphatic rings. The van der Waals surface area contributed by atoms with E-state index in [-0.39, 0.29) is 0 Å². The summed E-state index contributed by atoms with van der Waals surface area (Å²) in [6, 6.07) is 0. The van der Waals surface area contributed by atoms with Crippen molar-refractivity contribution in [1.29, 1.82) is 0 Å². The van der Waals surface area contributed by atoms with Crippen LogP contribution in [0.2, 0.25) is 0 Å². The zero-order chi connectivity index (χ0) is 8.85. The quantitative estimate of drug-likeness (QED) is 0.562. The van der Waals surface area contributed by atoms with E-state index in [0.29, 0.717) is 0 Å². The minimum Gasteiger partial charge on any atom is -0.0654 e. The first-order chi connectivity index (χ1) is 5.13. The van der Waals surface area contributed by atoms with Crippen LogP contribution in [0.3, 0.4) is 0 Å². The fourth-order valence-corrected chi connectivity index (χ4v) is 2.20. The summed E-state index contributed by atoms with van der Waals surface area (Å²) in [4.78, 5) is 0. The summed E-state index contributed by atoms with van der Waals surface area (Å²) in [5, 5.41) is 0. The minimum absolute atomic E-state index is 0.863. The molecule has 0 spiro atoms. The predicted molar refractivity (Wildman–Crippen MR) is 52.7 cm³/mol. The van der Waals surface area contributed by atoms with Crippen LogP contribution in [0.1, 0.15) is 53.9 Å². The molecule has 2 unspecified atom stereocenters. The van der Waals surface area contributed by atoms with Crippen LogP contribution < -0.4 is 0 Å². The van der Waals surface area contributed by atoms with Crippen LogP contribution in [0, 0.1) is 17.8 Å². The molecule has 0 saturated carbocycles. The maximum absolute atomic E-state index is 2.40. The second-order valence-electron chi connectivity index (χ2n) is 4.08. The van der Waals surface area contributed by atoms with Gasteiger partial charge in [-0.3, -0.25) is 0 Å². The molecule has 0 aliphatic heterocycles. The van der Waals surface area contributed by atoms with Crippen LogP contribution in [-0.4, -0.2) is 0 Å². The second kappa shape index (κ2) is 5.62. The average Bonchev–Trinajstić information content (AvgIpc) is 1.88. The highest BCUT2D eigenvalue weighted by Gasteiger charge is 2.17. The molecule has 2 atom stereocenters. The maximum Gasteiger partial charge on any atom is -0.0368 e. The first-order valence-corrected chi connectivity index (χ1v) is 5.13. The first-order valence-electron chi connectivity index (χ1n) is 5.13. The van der Waals surface area contributed by atoms with E-state index >= 15 is 0 Å². The Bertz CT molecular complexity index is 84.0. The predicted octanol–water partition coefficient (Wildman–Crippen LogP) is 4.10. The van der Waals surface area contributed by atoms with Crippen molar-refractivity contribution in [2.75, 3.05) is 0 Å². The van der Waals surface area contributed by atoms with Gasteiger partial charge >= 0.3 is 0 Å². The van der Waals surface area contributed by atoms with Crippen molar-refractivity contribution in [2.45, 2.75) is 53.9 Å². The Morgan fingerprint density at radius 3 is 1.82 bits per heavy atom. The van der Waals surface area contributed by atoms with Gasteiger partial charge in [0.25, 0.3) is 0 Å². The molecule has 0 aromatic rings. The van der Waals surface area contributed by atoms with Crippen LogP contribution in [-0.2, 0) is 0 Å². The summed E-state index contributed by atoms with van der Waals surface area (Å²) in [5.41, 5.74) is 0. The van der Waals surface area contributed by atoms with E-state index < -0.39 is 0 Å². The molecule has 0 fully saturated rings. The topological polar surface area (TPSA) is 0 Å². The van der Waals surface area contributed by atoms with E-state index in [1.807, 2.05) is 0 Å². The van der Waals surface area contributed by atoms with Gasteiger partial charge in [-0.05, 0) is 17.8 Å². The lowest BCUT2D eigenvalue weighted by molar-refractivity contribution is 0.248. The normalized spacial score (nSPS) is 16.9. The van der Waals surface area contributed by atoms with Gasteiger partial charge in [0, 0.05) is 0 Å². The molecule has 0 N–H and O–H groups in total. The summed E-state index contributed by atoms with van der Waals surface area (Å²) >= 11 is 0. The number of rotatable bonds is 5. The lowest BCUT2D eigenvalue weighted by Crippen LogP contribution is -2.16. The maximum atomic E-state index is 2.40. The Balaban J connectivity index is 3.81. The summed E-state index contributed by atoms with van der Waals surface area (Å²) in [7, 11) is 0. The molecule has 0 aliphatic carbocycles. The van der Waals surface area contributed by atoms with Gasteiger partial charge < -0.3 is 0 Å². The molecule has 0 radical (unpaired) electrons. The Morgan fingerprint density at radius 2 is 1.55 bits per heavy atom. The van der Waals surface area contributed by atoms with Crippen molar-refractivity contribution >= 4 is 0 Å². The largest absolute Gasteiger partial charge is 0.0654 e. The Morgan fingerprint density at radius 1 is 1.00 bits per heavy atom. The minimum atomic E-state index is 0.863. The van der Waals surface area contributed by atoms with E-state index in [0.717, 1.165) is 17.8 Å². The van der Waals surface area contributed by atoms with Gasteiger partial charge in [-0.2, -0.15) is 0 Å². The molecule has 0 nitrogen and oxygen atoms in total. The zero-order valence-corrected chi connectivity index (χ0v) is 8.85. The van der Waals surface area contributed by atoms with E-state index in [1.54, 1.807) is 0 Å². The molecule has 0 aromatic carbocycles. The molecule has 68 valence electrons. The van der Waals surface area contributed by atoms with Gasteiger partial charge in [0.1, 0.15) is 0 Å². The molecule has 0 amide bonds. The lowest BCUT2D eigenvalue weighted by Gasteiger charge is -2.25. The number of hydrogen-bond acceptors (Lipinski definition) is 0. The van der Waals surface area contributed by atoms with E-state index in [4.69, 9.17) is 0 Å². The summed E-state index contributed by atoms with van der Waals surface area (Å²) < 4.78 is 0. The summed E-state index contributed by atoms with van der Waals surface area (Å²) in [6.07, 6.45) is 4.08. The van der Waals surface area contributed by atoms with Gasteiger partial charge in [-0.1, -0.05) is 53.9 Å². The smallest absolute Gasteiger partial charge is 0.0368 e. The fraction of sp³-hybridized carbons (Fsp3) is 1.00. The van der Waals surface area contributed by atoms with Crippen LogP contribution in [0.25, 0.3) is 0 Å². The Hall–Kier alpha value is 0. The second-order valence-corrected chi connectivity index (χ2v) is 4.08. The SMILES string of the molecule is CCCC(C)C(CC)C(C)C. The van der Waals surface area contributed by atoms with Crippen molar-refractivity contribution in [2.24, 2.45) is 17.8 Å². The van der Waals surface area contributed by atoms with E-state index in [2.05, 4.69) is 34.6 Å². The molecule has 0 saturated heterocycles. The monoisotopic (exact) mass is 156 g/mol. The summed E-state index contributed by atoms with van der Waals surface area (Å²) in [5.74, 6) is 2.72. The molecule has 0 heterocycles. The van der Waals surface area contributed by atoms with Crippen molar-refractivity contribution in [3.05, 3.63) is 0 Å². The van der Waals surface area contributed by atoms with Gasteiger partial charge in [0.2, 0.25) is 0 Å². The van der Waals surface area contributed by atoms with E-state index in [1.165, 1.54) is 19.3 Å². The molecule has 0 heteroatoms. The Labute approximate surface area is 72.4 Å². The van der Waals surface area contributed by atoms with E-state index in [9.17, 15) is 0 Å². The zero-order valence-electron chi connectivity index (χ0n) is 8.85. The highest BCUT2D eigenvalue weighted by Crippen LogP contribution is 2.27. The molecule has 0 rings (SSSR count). The third kappa shape index (κ3) is 3.79.